The van der Waals surface area contributed by atoms with Gasteiger partial charge in [0.2, 0.25) is 0 Å². The van der Waals surface area contributed by atoms with Crippen molar-refractivity contribution < 1.29 is 4.79 Å². The van der Waals surface area contributed by atoms with Gasteiger partial charge in [0.1, 0.15) is 6.07 Å². The van der Waals surface area contributed by atoms with Crippen molar-refractivity contribution in [1.82, 2.24) is 0 Å². The van der Waals surface area contributed by atoms with Crippen LogP contribution in [0, 0.1) is 22.7 Å². The Morgan fingerprint density at radius 1 is 1.21 bits per heavy atom. The van der Waals surface area contributed by atoms with E-state index in [2.05, 4.69) is 0 Å². The van der Waals surface area contributed by atoms with Crippen molar-refractivity contribution in [3.8, 4) is 12.1 Å². The van der Waals surface area contributed by atoms with Crippen LogP contribution in [-0.4, -0.2) is 6.29 Å². The van der Waals surface area contributed by atoms with Crippen molar-refractivity contribution in [1.29, 1.82) is 10.5 Å². The van der Waals surface area contributed by atoms with E-state index in [1.54, 1.807) is 30.3 Å². The van der Waals surface area contributed by atoms with Gasteiger partial charge < -0.3 is 0 Å². The van der Waals surface area contributed by atoms with Crippen LogP contribution in [0.5, 0.6) is 0 Å². The Morgan fingerprint density at radius 2 is 1.86 bits per heavy atom. The smallest absolute Gasteiger partial charge is 0.160 e. The molecule has 0 bridgehead atoms. The van der Waals surface area contributed by atoms with Gasteiger partial charge in [-0.15, -0.1) is 0 Å². The average Bonchev–Trinajstić information content (AvgIpc) is 2.26. The molecule has 0 aliphatic rings. The molecular formula is C11H6N2O. The monoisotopic (exact) mass is 182 g/mol. The van der Waals surface area contributed by atoms with E-state index < -0.39 is 0 Å². The summed E-state index contributed by atoms with van der Waals surface area (Å²) in [6.45, 7) is 0. The van der Waals surface area contributed by atoms with Gasteiger partial charge in [-0.05, 0) is 23.8 Å². The highest BCUT2D eigenvalue weighted by Gasteiger charge is 1.94. The molecule has 0 amide bonds. The summed E-state index contributed by atoms with van der Waals surface area (Å²) in [5.74, 6) is 0. The molecule has 14 heavy (non-hydrogen) atoms. The van der Waals surface area contributed by atoms with Gasteiger partial charge in [-0.25, -0.2) is 0 Å². The summed E-state index contributed by atoms with van der Waals surface area (Å²) in [7, 11) is 0. The van der Waals surface area contributed by atoms with Gasteiger partial charge in [-0.3, -0.25) is 4.79 Å². The third kappa shape index (κ3) is 2.30. The molecule has 1 rings (SSSR count). The summed E-state index contributed by atoms with van der Waals surface area (Å²) in [5, 5.41) is 17.0. The molecule has 0 N–H and O–H groups in total. The number of aldehydes is 1. The number of allylic oxidation sites excluding steroid dienone is 1. The molecule has 0 aliphatic heterocycles. The van der Waals surface area contributed by atoms with Gasteiger partial charge in [0.05, 0.1) is 17.2 Å². The second-order valence-corrected chi connectivity index (χ2v) is 2.56. The third-order valence-corrected chi connectivity index (χ3v) is 1.62. The molecule has 0 heterocycles. The third-order valence-electron chi connectivity index (χ3n) is 1.62. The van der Waals surface area contributed by atoms with E-state index in [1.165, 1.54) is 6.08 Å². The van der Waals surface area contributed by atoms with Crippen molar-refractivity contribution >= 4 is 12.4 Å². The number of benzene rings is 1. The highest BCUT2D eigenvalue weighted by molar-refractivity contribution is 5.86. The van der Waals surface area contributed by atoms with Gasteiger partial charge in [-0.2, -0.15) is 10.5 Å². The Kier molecular flexibility index (Phi) is 3.18. The lowest BCUT2D eigenvalue weighted by Crippen LogP contribution is -1.80. The molecule has 0 atom stereocenters. The molecule has 0 unspecified atom stereocenters. The molecule has 0 saturated carbocycles. The standard InChI is InChI=1S/C11H6N2O/c12-6-10-3-1-9(2-4-10)5-11(7-13)8-14/h1-5,8H/b11-5+. The molecule has 0 aliphatic carbocycles. The second-order valence-electron chi connectivity index (χ2n) is 2.56. The van der Waals surface area contributed by atoms with Crippen LogP contribution in [0.25, 0.3) is 6.08 Å². The first-order valence-electron chi connectivity index (χ1n) is 3.87. The van der Waals surface area contributed by atoms with E-state index in [0.29, 0.717) is 11.8 Å². The number of nitrogens with zero attached hydrogens (tertiary/aromatic N) is 2. The number of hydrogen-bond donors (Lipinski definition) is 0. The average molecular weight is 182 g/mol. The zero-order valence-electron chi connectivity index (χ0n) is 7.27. The largest absolute Gasteiger partial charge is 0.297 e. The summed E-state index contributed by atoms with van der Waals surface area (Å²) < 4.78 is 0. The predicted molar refractivity (Wildman–Crippen MR) is 50.8 cm³/mol. The lowest BCUT2D eigenvalue weighted by Gasteiger charge is -1.92. The first-order valence-corrected chi connectivity index (χ1v) is 3.87. The SMILES string of the molecule is N#C/C(C=O)=C\c1ccc(C#N)cc1. The van der Waals surface area contributed by atoms with Crippen LogP contribution in [0.15, 0.2) is 29.8 Å². The van der Waals surface area contributed by atoms with E-state index in [1.807, 2.05) is 6.07 Å². The minimum atomic E-state index is 0.0645. The lowest BCUT2D eigenvalue weighted by molar-refractivity contribution is -0.104. The maximum atomic E-state index is 10.3. The molecule has 0 fully saturated rings. The summed E-state index contributed by atoms with van der Waals surface area (Å²) in [4.78, 5) is 10.3. The molecular weight excluding hydrogens is 176 g/mol. The van der Waals surface area contributed by atoms with Crippen molar-refractivity contribution in [3.05, 3.63) is 41.0 Å². The molecule has 0 radical (unpaired) electrons. The molecule has 0 aromatic heterocycles. The Labute approximate surface area is 81.5 Å². The quantitative estimate of drug-likeness (QED) is 0.397. The van der Waals surface area contributed by atoms with Crippen LogP contribution < -0.4 is 0 Å². The summed E-state index contributed by atoms with van der Waals surface area (Å²) >= 11 is 0. The van der Waals surface area contributed by atoms with Crippen LogP contribution in [0.1, 0.15) is 11.1 Å². The lowest BCUT2D eigenvalue weighted by atomic mass is 10.1. The van der Waals surface area contributed by atoms with Gasteiger partial charge in [-0.1, -0.05) is 12.1 Å². The summed E-state index contributed by atoms with van der Waals surface area (Å²) in [6.07, 6.45) is 1.96. The van der Waals surface area contributed by atoms with Gasteiger partial charge in [0.25, 0.3) is 0 Å². The first-order chi connectivity index (χ1) is 6.80. The van der Waals surface area contributed by atoms with Gasteiger partial charge >= 0.3 is 0 Å². The zero-order valence-corrected chi connectivity index (χ0v) is 7.27. The van der Waals surface area contributed by atoms with E-state index in [-0.39, 0.29) is 5.57 Å². The van der Waals surface area contributed by atoms with Crippen LogP contribution in [0.4, 0.5) is 0 Å². The molecule has 3 heteroatoms. The van der Waals surface area contributed by atoms with E-state index in [0.717, 1.165) is 5.56 Å². The predicted octanol–water partition coefficient (Wildman–Crippen LogP) is 1.66. The van der Waals surface area contributed by atoms with E-state index in [9.17, 15) is 4.79 Å². The van der Waals surface area contributed by atoms with Crippen molar-refractivity contribution in [3.63, 3.8) is 0 Å². The Morgan fingerprint density at radius 3 is 2.29 bits per heavy atom. The van der Waals surface area contributed by atoms with Crippen LogP contribution in [0.2, 0.25) is 0 Å². The topological polar surface area (TPSA) is 64.7 Å². The minimum absolute atomic E-state index is 0.0645. The maximum Gasteiger partial charge on any atom is 0.160 e. The normalized spacial score (nSPS) is 10.0. The van der Waals surface area contributed by atoms with Crippen molar-refractivity contribution in [2.75, 3.05) is 0 Å². The van der Waals surface area contributed by atoms with Crippen molar-refractivity contribution in [2.24, 2.45) is 0 Å². The molecule has 0 saturated heterocycles. The molecule has 66 valence electrons. The zero-order chi connectivity index (χ0) is 10.4. The second kappa shape index (κ2) is 4.59. The van der Waals surface area contributed by atoms with Gasteiger partial charge in [0.15, 0.2) is 6.29 Å². The van der Waals surface area contributed by atoms with E-state index >= 15 is 0 Å². The highest BCUT2D eigenvalue weighted by Crippen LogP contribution is 2.07. The number of rotatable bonds is 2. The van der Waals surface area contributed by atoms with Crippen LogP contribution >= 0.6 is 0 Å². The fraction of sp³-hybridized carbons (Fsp3) is 0. The molecule has 1 aromatic carbocycles. The minimum Gasteiger partial charge on any atom is -0.297 e. The fourth-order valence-electron chi connectivity index (χ4n) is 0.926. The maximum absolute atomic E-state index is 10.3. The summed E-state index contributed by atoms with van der Waals surface area (Å²) in [5.41, 5.74) is 1.34. The molecule has 0 spiro atoms. The Balaban J connectivity index is 3.01. The molecule has 1 aromatic rings. The number of carbonyl (C=O) groups is 1. The number of carbonyl (C=O) groups excluding carboxylic acids is 1. The first kappa shape index (κ1) is 9.70. The Bertz CT molecular complexity index is 444. The fourth-order valence-corrected chi connectivity index (χ4v) is 0.926. The van der Waals surface area contributed by atoms with Crippen LogP contribution in [-0.2, 0) is 4.79 Å². The van der Waals surface area contributed by atoms with Gasteiger partial charge in [0, 0.05) is 0 Å². The van der Waals surface area contributed by atoms with Crippen LogP contribution in [0.3, 0.4) is 0 Å². The van der Waals surface area contributed by atoms with E-state index in [4.69, 9.17) is 10.5 Å². The Hall–Kier alpha value is -2.39. The molecule has 3 nitrogen and oxygen atoms in total. The van der Waals surface area contributed by atoms with Crippen molar-refractivity contribution in [2.45, 2.75) is 0 Å². The number of nitriles is 2. The highest BCUT2D eigenvalue weighted by atomic mass is 16.1. The number of hydrogen-bond acceptors (Lipinski definition) is 3. The summed E-state index contributed by atoms with van der Waals surface area (Å²) in [6, 6.07) is 10.4.